The third-order valence-electron chi connectivity index (χ3n) is 6.63. The smallest absolute Gasteiger partial charge is 0.327 e. The lowest BCUT2D eigenvalue weighted by atomic mass is 9.37. The van der Waals surface area contributed by atoms with Crippen LogP contribution in [0, 0.1) is 39.7 Å². The fourth-order valence-electron chi connectivity index (χ4n) is 5.91. The Balaban J connectivity index is 1.82. The Kier molecular flexibility index (Phi) is 1.55. The highest BCUT2D eigenvalue weighted by Gasteiger charge is 2.84. The van der Waals surface area contributed by atoms with Crippen LogP contribution in [-0.2, 0) is 14.3 Å². The molecule has 1 N–H and O–H groups in total. The summed E-state index contributed by atoms with van der Waals surface area (Å²) in [6.07, 6.45) is 6.43. The fraction of sp³-hybridized carbons (Fsp3) is 0.714. The second-order valence-corrected chi connectivity index (χ2v) is 6.85. The van der Waals surface area contributed by atoms with Crippen LogP contribution in [0.4, 0.5) is 0 Å². The predicted molar refractivity (Wildman–Crippen MR) is 62.4 cm³/mol. The highest BCUT2D eigenvalue weighted by Crippen LogP contribution is 2.72. The van der Waals surface area contributed by atoms with Crippen molar-refractivity contribution in [1.82, 2.24) is 0 Å². The Morgan fingerprint density at radius 3 is 1.95 bits per heavy atom. The van der Waals surface area contributed by atoms with Gasteiger partial charge in [0.25, 0.3) is 0 Å². The average molecular weight is 261 g/mol. The van der Waals surface area contributed by atoms with Crippen molar-refractivity contribution < 1.29 is 19.4 Å². The number of cyclic esters (lactones) is 2. The van der Waals surface area contributed by atoms with E-state index >= 15 is 0 Å². The van der Waals surface area contributed by atoms with E-state index in [1.165, 1.54) is 0 Å². The second-order valence-electron chi connectivity index (χ2n) is 6.85. The molecular formula is C14H15NO4. The number of carbonyl (C=O) groups is 2. The van der Waals surface area contributed by atoms with Crippen LogP contribution in [0.2, 0.25) is 0 Å². The number of rotatable bonds is 0. The minimum atomic E-state index is -0.845. The molecule has 0 aromatic rings. The largest absolute Gasteiger partial charge is 0.634 e. The molecule has 19 heavy (non-hydrogen) atoms. The third kappa shape index (κ3) is 0.801. The second kappa shape index (κ2) is 2.79. The van der Waals surface area contributed by atoms with E-state index in [0.29, 0.717) is 11.8 Å². The van der Waals surface area contributed by atoms with E-state index in [9.17, 15) is 14.8 Å². The quantitative estimate of drug-likeness (QED) is 0.270. The fourth-order valence-corrected chi connectivity index (χ4v) is 5.91. The van der Waals surface area contributed by atoms with Gasteiger partial charge in [-0.2, -0.15) is 0 Å². The van der Waals surface area contributed by atoms with Crippen LogP contribution in [0.5, 0.6) is 0 Å². The molecule has 4 aliphatic carbocycles. The monoisotopic (exact) mass is 261 g/mol. The molecule has 0 aromatic heterocycles. The van der Waals surface area contributed by atoms with E-state index in [1.807, 2.05) is 0 Å². The van der Waals surface area contributed by atoms with Gasteiger partial charge in [0.2, 0.25) is 0 Å². The van der Waals surface area contributed by atoms with Crippen molar-refractivity contribution in [1.29, 1.82) is 0 Å². The number of ether oxygens (including phenoxy) is 1. The van der Waals surface area contributed by atoms with E-state index in [2.05, 4.69) is 12.2 Å². The van der Waals surface area contributed by atoms with Crippen molar-refractivity contribution in [2.24, 2.45) is 34.5 Å². The summed E-state index contributed by atoms with van der Waals surface area (Å²) in [5.74, 6) is 0.198. The summed E-state index contributed by atoms with van der Waals surface area (Å²) in [6.45, 7) is 0.429. The molecule has 0 amide bonds. The first-order valence-corrected chi connectivity index (χ1v) is 7.08. The summed E-state index contributed by atoms with van der Waals surface area (Å²) >= 11 is 0. The molecule has 2 aliphatic heterocycles. The van der Waals surface area contributed by atoms with Gasteiger partial charge in [-0.3, -0.25) is 9.59 Å². The van der Waals surface area contributed by atoms with E-state index in [4.69, 9.17) is 4.74 Å². The Morgan fingerprint density at radius 2 is 1.53 bits per heavy atom. The van der Waals surface area contributed by atoms with Crippen LogP contribution in [0.3, 0.4) is 0 Å². The topological polar surface area (TPSA) is 70.9 Å². The zero-order valence-electron chi connectivity index (χ0n) is 10.4. The van der Waals surface area contributed by atoms with Crippen LogP contribution in [0.1, 0.15) is 12.8 Å². The Labute approximate surface area is 110 Å². The van der Waals surface area contributed by atoms with Gasteiger partial charge >= 0.3 is 11.9 Å². The molecular weight excluding hydrogens is 246 g/mol. The van der Waals surface area contributed by atoms with Crippen molar-refractivity contribution in [3.63, 3.8) is 0 Å². The Hall–Kier alpha value is -1.20. The molecule has 5 heteroatoms. The molecule has 6 aliphatic rings. The SMILES string of the molecule is O=C1OC(=O)C23C[NH+]([O-])CC12C1C=C[C@H]3C2CCC21. The first-order chi connectivity index (χ1) is 9.11. The van der Waals surface area contributed by atoms with Gasteiger partial charge in [0.1, 0.15) is 10.8 Å². The van der Waals surface area contributed by atoms with Gasteiger partial charge < -0.3 is 15.0 Å². The Bertz CT molecular complexity index is 512. The lowest BCUT2D eigenvalue weighted by molar-refractivity contribution is -0.839. The van der Waals surface area contributed by atoms with Crippen LogP contribution >= 0.6 is 0 Å². The number of hydroxylamine groups is 2. The number of esters is 2. The molecule has 2 heterocycles. The number of carbonyl (C=O) groups excluding carboxylic acids is 2. The highest BCUT2D eigenvalue weighted by atomic mass is 16.6. The molecule has 2 saturated carbocycles. The maximum absolute atomic E-state index is 12.4. The Morgan fingerprint density at radius 1 is 1.05 bits per heavy atom. The number of allylic oxidation sites excluding steroid dienone is 2. The highest BCUT2D eigenvalue weighted by molar-refractivity contribution is 6.04. The minimum Gasteiger partial charge on any atom is -0.634 e. The summed E-state index contributed by atoms with van der Waals surface area (Å²) < 4.78 is 5.04. The van der Waals surface area contributed by atoms with Crippen LogP contribution in [0.25, 0.3) is 0 Å². The van der Waals surface area contributed by atoms with Gasteiger partial charge in [0, 0.05) is 11.8 Å². The predicted octanol–water partition coefficient (Wildman–Crippen LogP) is -0.719. The first kappa shape index (κ1) is 10.6. The minimum absolute atomic E-state index is 0.0432. The van der Waals surface area contributed by atoms with E-state index in [1.54, 1.807) is 0 Å². The molecule has 2 saturated heterocycles. The molecule has 100 valence electrons. The van der Waals surface area contributed by atoms with Crippen molar-refractivity contribution in [2.75, 3.05) is 13.1 Å². The summed E-state index contributed by atoms with van der Waals surface area (Å²) in [5.41, 5.74) is -1.69. The number of hydrogen-bond acceptors (Lipinski definition) is 4. The van der Waals surface area contributed by atoms with Crippen LogP contribution in [-0.4, -0.2) is 25.0 Å². The summed E-state index contributed by atoms with van der Waals surface area (Å²) in [7, 11) is 0. The molecule has 0 radical (unpaired) electrons. The van der Waals surface area contributed by atoms with E-state index in [0.717, 1.165) is 12.8 Å². The normalized spacial score (nSPS) is 60.4. The zero-order valence-corrected chi connectivity index (χ0v) is 10.4. The lowest BCUT2D eigenvalue weighted by Crippen LogP contribution is -3.06. The molecule has 0 aromatic carbocycles. The van der Waals surface area contributed by atoms with Gasteiger partial charge in [-0.25, -0.2) is 0 Å². The summed E-state index contributed by atoms with van der Waals surface area (Å²) in [5, 5.41) is 12.1. The molecule has 5 nitrogen and oxygen atoms in total. The first-order valence-electron chi connectivity index (χ1n) is 7.08. The summed E-state index contributed by atoms with van der Waals surface area (Å²) in [4.78, 5) is 24.8. The van der Waals surface area contributed by atoms with Gasteiger partial charge in [-0.15, -0.1) is 0 Å². The average Bonchev–Trinajstić information content (AvgIpc) is 2.75. The molecule has 0 spiro atoms. The van der Waals surface area contributed by atoms with Gasteiger partial charge in [-0.05, 0) is 24.7 Å². The standard InChI is InChI=1S/C14H15NO4/c16-11-13-5-15(18)6-14(13,12(17)19-11)10-4-3-9(13)7-1-2-8(7)10/h3-4,7-10,15H,1-2,5-6H2/t7?,8?,9-,10?,13?,14?/m0/s1. The summed E-state index contributed by atoms with van der Waals surface area (Å²) in [6, 6.07) is 0. The zero-order chi connectivity index (χ0) is 13.0. The maximum atomic E-state index is 12.4. The van der Waals surface area contributed by atoms with Crippen LogP contribution < -0.4 is 5.06 Å². The molecule has 6 unspecified atom stereocenters. The van der Waals surface area contributed by atoms with E-state index < -0.39 is 22.8 Å². The van der Waals surface area contributed by atoms with Crippen molar-refractivity contribution in [2.45, 2.75) is 12.8 Å². The maximum Gasteiger partial charge on any atom is 0.327 e. The number of hydrogen-bond donors (Lipinski definition) is 1. The molecule has 6 rings (SSSR count). The molecule has 4 fully saturated rings. The molecule has 2 bridgehead atoms. The number of nitrogens with one attached hydrogen (secondary N) is 1. The van der Waals surface area contributed by atoms with Crippen LogP contribution in [0.15, 0.2) is 12.2 Å². The third-order valence-corrected chi connectivity index (χ3v) is 6.63. The van der Waals surface area contributed by atoms with E-state index in [-0.39, 0.29) is 30.0 Å². The van der Waals surface area contributed by atoms with Gasteiger partial charge in [0.15, 0.2) is 0 Å². The molecule has 7 atom stereocenters. The van der Waals surface area contributed by atoms with Gasteiger partial charge in [-0.1, -0.05) is 12.2 Å². The van der Waals surface area contributed by atoms with Crippen molar-refractivity contribution in [3.8, 4) is 0 Å². The lowest BCUT2D eigenvalue weighted by Gasteiger charge is -2.60. The van der Waals surface area contributed by atoms with Crippen molar-refractivity contribution in [3.05, 3.63) is 17.4 Å². The van der Waals surface area contributed by atoms with Crippen molar-refractivity contribution >= 4 is 11.9 Å². The number of quaternary nitrogens is 1. The van der Waals surface area contributed by atoms with Gasteiger partial charge in [0.05, 0.1) is 13.1 Å².